The summed E-state index contributed by atoms with van der Waals surface area (Å²) in [6.07, 6.45) is 4.50. The van der Waals surface area contributed by atoms with Crippen LogP contribution in [-0.2, 0) is 27.6 Å². The van der Waals surface area contributed by atoms with Gasteiger partial charge >= 0.3 is 5.97 Å². The van der Waals surface area contributed by atoms with Crippen LogP contribution in [0.5, 0.6) is 0 Å². The van der Waals surface area contributed by atoms with Crippen LogP contribution in [-0.4, -0.2) is 50.7 Å². The maximum absolute atomic E-state index is 12.8. The standard InChI is InChI=1S/C22H26N2O5S2/c1-2-29-22(26)20-17-9-6-10-19(17)30-21(20)23-14-18(25)15-7-5-8-16(13-15)31(27,28)24-11-3-4-12-24/h5,7-8,13,23H,2-4,6,9-12,14H2,1H3. The first-order valence-corrected chi connectivity index (χ1v) is 12.9. The fraction of sp³-hybridized carbons (Fsp3) is 0.455. The van der Waals surface area contributed by atoms with Crippen molar-refractivity contribution in [2.24, 2.45) is 0 Å². The van der Waals surface area contributed by atoms with Crippen molar-refractivity contribution < 1.29 is 22.7 Å². The van der Waals surface area contributed by atoms with E-state index in [2.05, 4.69) is 5.32 Å². The zero-order valence-electron chi connectivity index (χ0n) is 17.5. The van der Waals surface area contributed by atoms with Gasteiger partial charge in [-0.25, -0.2) is 13.2 Å². The number of aryl methyl sites for hydroxylation is 1. The molecule has 0 atom stereocenters. The lowest BCUT2D eigenvalue weighted by Crippen LogP contribution is -2.28. The second-order valence-corrected chi connectivity index (χ2v) is 10.7. The van der Waals surface area contributed by atoms with Crippen LogP contribution in [0, 0.1) is 0 Å². The van der Waals surface area contributed by atoms with Crippen LogP contribution in [0.3, 0.4) is 0 Å². The molecule has 31 heavy (non-hydrogen) atoms. The van der Waals surface area contributed by atoms with Crippen molar-refractivity contribution in [3.8, 4) is 0 Å². The van der Waals surface area contributed by atoms with Crippen molar-refractivity contribution in [2.75, 3.05) is 31.6 Å². The van der Waals surface area contributed by atoms with Gasteiger partial charge in [-0.05, 0) is 56.7 Å². The number of ketones is 1. The SMILES string of the molecule is CCOC(=O)c1c(NCC(=O)c2cccc(S(=O)(=O)N3CCCC3)c2)sc2c1CCC2. The Kier molecular flexibility index (Phi) is 6.45. The third-order valence-corrected chi connectivity index (χ3v) is 8.81. The molecule has 0 saturated carbocycles. The first-order valence-electron chi connectivity index (χ1n) is 10.6. The summed E-state index contributed by atoms with van der Waals surface area (Å²) in [5, 5.41) is 3.75. The Hall–Kier alpha value is -2.23. The number of hydrogen-bond acceptors (Lipinski definition) is 7. The highest BCUT2D eigenvalue weighted by molar-refractivity contribution is 7.89. The number of nitrogens with zero attached hydrogens (tertiary/aromatic N) is 1. The van der Waals surface area contributed by atoms with Gasteiger partial charge in [0.05, 0.1) is 23.6 Å². The van der Waals surface area contributed by atoms with E-state index in [1.54, 1.807) is 19.1 Å². The van der Waals surface area contributed by atoms with Gasteiger partial charge in [-0.15, -0.1) is 11.3 Å². The average Bonchev–Trinajstić information content (AvgIpc) is 3.49. The molecule has 166 valence electrons. The van der Waals surface area contributed by atoms with Crippen LogP contribution in [0.1, 0.15) is 57.3 Å². The summed E-state index contributed by atoms with van der Waals surface area (Å²) >= 11 is 1.50. The Morgan fingerprint density at radius 2 is 1.94 bits per heavy atom. The van der Waals surface area contributed by atoms with Crippen molar-refractivity contribution in [2.45, 2.75) is 43.9 Å². The number of hydrogen-bond donors (Lipinski definition) is 1. The second-order valence-electron chi connectivity index (χ2n) is 7.70. The van der Waals surface area contributed by atoms with Crippen LogP contribution in [0.4, 0.5) is 5.00 Å². The summed E-state index contributed by atoms with van der Waals surface area (Å²) in [6, 6.07) is 6.19. The van der Waals surface area contributed by atoms with Crippen molar-refractivity contribution >= 4 is 38.1 Å². The molecule has 0 bridgehead atoms. The molecule has 2 aliphatic rings. The molecule has 9 heteroatoms. The van der Waals surface area contributed by atoms with E-state index in [1.807, 2.05) is 0 Å². The lowest BCUT2D eigenvalue weighted by Gasteiger charge is -2.16. The molecular formula is C22H26N2O5S2. The van der Waals surface area contributed by atoms with E-state index >= 15 is 0 Å². The van der Waals surface area contributed by atoms with E-state index < -0.39 is 10.0 Å². The minimum Gasteiger partial charge on any atom is -0.462 e. The molecule has 0 spiro atoms. The number of thiophene rings is 1. The molecule has 1 saturated heterocycles. The number of sulfonamides is 1. The number of carbonyl (C=O) groups excluding carboxylic acids is 2. The summed E-state index contributed by atoms with van der Waals surface area (Å²) < 4.78 is 32.3. The fourth-order valence-electron chi connectivity index (χ4n) is 4.12. The van der Waals surface area contributed by atoms with Crippen LogP contribution in [0.25, 0.3) is 0 Å². The molecule has 1 N–H and O–H groups in total. The smallest absolute Gasteiger partial charge is 0.341 e. The maximum atomic E-state index is 12.8. The lowest BCUT2D eigenvalue weighted by molar-refractivity contribution is 0.0526. The Balaban J connectivity index is 1.51. The van der Waals surface area contributed by atoms with Gasteiger partial charge in [-0.3, -0.25) is 4.79 Å². The predicted molar refractivity (Wildman–Crippen MR) is 120 cm³/mol. The van der Waals surface area contributed by atoms with Crippen molar-refractivity contribution in [3.63, 3.8) is 0 Å². The third kappa shape index (κ3) is 4.40. The predicted octanol–water partition coefficient (Wildman–Crippen LogP) is 3.49. The molecule has 1 fully saturated rings. The molecule has 4 rings (SSSR count). The second kappa shape index (κ2) is 9.10. The minimum absolute atomic E-state index is 0.0288. The van der Waals surface area contributed by atoms with E-state index in [-0.39, 0.29) is 23.2 Å². The first kappa shape index (κ1) is 22.0. The molecule has 1 aliphatic carbocycles. The largest absolute Gasteiger partial charge is 0.462 e. The zero-order valence-corrected chi connectivity index (χ0v) is 19.1. The van der Waals surface area contributed by atoms with Crippen molar-refractivity contribution in [3.05, 3.63) is 45.8 Å². The lowest BCUT2D eigenvalue weighted by atomic mass is 10.1. The van der Waals surface area contributed by atoms with Crippen LogP contribution in [0.15, 0.2) is 29.2 Å². The average molecular weight is 463 g/mol. The number of fused-ring (bicyclic) bond motifs is 1. The summed E-state index contributed by atoms with van der Waals surface area (Å²) in [4.78, 5) is 26.6. The summed E-state index contributed by atoms with van der Waals surface area (Å²) in [5.74, 6) is -0.600. The number of Topliss-reactive ketones (excluding diaryl/α,β-unsaturated/α-hetero) is 1. The molecule has 1 aromatic heterocycles. The van der Waals surface area contributed by atoms with Gasteiger partial charge in [-0.2, -0.15) is 4.31 Å². The Labute approximate surface area is 186 Å². The molecule has 2 aromatic rings. The van der Waals surface area contributed by atoms with Gasteiger partial charge in [0.25, 0.3) is 0 Å². The summed E-state index contributed by atoms with van der Waals surface area (Å²) in [5.41, 5.74) is 1.89. The summed E-state index contributed by atoms with van der Waals surface area (Å²) in [7, 11) is -3.58. The fourth-order valence-corrected chi connectivity index (χ4v) is 6.95. The Bertz CT molecular complexity index is 1100. The van der Waals surface area contributed by atoms with E-state index in [0.717, 1.165) is 42.5 Å². The van der Waals surface area contributed by atoms with Crippen molar-refractivity contribution in [1.29, 1.82) is 0 Å². The molecule has 2 heterocycles. The van der Waals surface area contributed by atoms with E-state index in [9.17, 15) is 18.0 Å². The number of nitrogens with one attached hydrogen (secondary N) is 1. The highest BCUT2D eigenvalue weighted by atomic mass is 32.2. The summed E-state index contributed by atoms with van der Waals surface area (Å²) in [6.45, 7) is 3.06. The van der Waals surface area contributed by atoms with E-state index in [0.29, 0.717) is 35.8 Å². The monoisotopic (exact) mass is 462 g/mol. The van der Waals surface area contributed by atoms with Gasteiger partial charge in [0, 0.05) is 23.5 Å². The molecule has 0 unspecified atom stereocenters. The molecule has 0 radical (unpaired) electrons. The molecule has 0 amide bonds. The van der Waals surface area contributed by atoms with Gasteiger partial charge in [-0.1, -0.05) is 12.1 Å². The maximum Gasteiger partial charge on any atom is 0.341 e. The van der Waals surface area contributed by atoms with Gasteiger partial charge < -0.3 is 10.1 Å². The minimum atomic E-state index is -3.58. The first-order chi connectivity index (χ1) is 14.9. The molecule has 1 aliphatic heterocycles. The van der Waals surface area contributed by atoms with Crippen LogP contribution < -0.4 is 5.32 Å². The Morgan fingerprint density at radius 3 is 2.68 bits per heavy atom. The number of esters is 1. The highest BCUT2D eigenvalue weighted by Gasteiger charge is 2.29. The number of carbonyl (C=O) groups is 2. The zero-order chi connectivity index (χ0) is 22.0. The molecule has 1 aromatic carbocycles. The third-order valence-electron chi connectivity index (χ3n) is 5.67. The van der Waals surface area contributed by atoms with E-state index in [4.69, 9.17) is 4.74 Å². The molecular weight excluding hydrogens is 436 g/mol. The Morgan fingerprint density at radius 1 is 1.16 bits per heavy atom. The topological polar surface area (TPSA) is 92.8 Å². The van der Waals surface area contributed by atoms with Gasteiger partial charge in [0.2, 0.25) is 10.0 Å². The number of rotatable bonds is 8. The van der Waals surface area contributed by atoms with Gasteiger partial charge in [0.1, 0.15) is 5.00 Å². The normalized spacial score (nSPS) is 16.3. The molecule has 7 nitrogen and oxygen atoms in total. The number of ether oxygens (including phenoxy) is 1. The highest BCUT2D eigenvalue weighted by Crippen LogP contribution is 2.39. The van der Waals surface area contributed by atoms with E-state index in [1.165, 1.54) is 27.8 Å². The van der Waals surface area contributed by atoms with Crippen molar-refractivity contribution in [1.82, 2.24) is 4.31 Å². The number of benzene rings is 1. The van der Waals surface area contributed by atoms with Gasteiger partial charge in [0.15, 0.2) is 5.78 Å². The van der Waals surface area contributed by atoms with Crippen LogP contribution in [0.2, 0.25) is 0 Å². The number of anilines is 1. The van der Waals surface area contributed by atoms with Crippen LogP contribution >= 0.6 is 11.3 Å². The quantitative estimate of drug-likeness (QED) is 0.477.